The Labute approximate surface area is 89.6 Å². The predicted octanol–water partition coefficient (Wildman–Crippen LogP) is 2.01. The predicted molar refractivity (Wildman–Crippen MR) is 57.1 cm³/mol. The maximum absolute atomic E-state index is 10.9. The first-order chi connectivity index (χ1) is 6.70. The van der Waals surface area contributed by atoms with Gasteiger partial charge < -0.3 is 5.11 Å². The van der Waals surface area contributed by atoms with E-state index in [1.807, 2.05) is 24.3 Å². The van der Waals surface area contributed by atoms with Crippen LogP contribution in [0.2, 0.25) is 0 Å². The molecule has 0 radical (unpaired) electrons. The van der Waals surface area contributed by atoms with Gasteiger partial charge in [-0.05, 0) is 21.5 Å². The average molecular weight is 254 g/mol. The number of benzene rings is 1. The lowest BCUT2D eigenvalue weighted by Crippen LogP contribution is -2.21. The molecule has 4 heteroatoms. The van der Waals surface area contributed by atoms with Crippen LogP contribution in [0.25, 0.3) is 0 Å². The minimum Gasteiger partial charge on any atom is -0.481 e. The van der Waals surface area contributed by atoms with Crippen LogP contribution in [0.5, 0.6) is 0 Å². The van der Waals surface area contributed by atoms with Crippen molar-refractivity contribution in [1.29, 1.82) is 0 Å². The van der Waals surface area contributed by atoms with Gasteiger partial charge in [0.05, 0.1) is 6.54 Å². The highest BCUT2D eigenvalue weighted by Gasteiger charge is 2.26. The Bertz CT molecular complexity index is 414. The van der Waals surface area contributed by atoms with Gasteiger partial charge >= 0.3 is 5.97 Å². The quantitative estimate of drug-likeness (QED) is 0.833. The Hall–Kier alpha value is -1.16. The van der Waals surface area contributed by atoms with Crippen molar-refractivity contribution < 1.29 is 9.90 Å². The van der Waals surface area contributed by atoms with Crippen LogP contribution in [0.15, 0.2) is 29.3 Å². The Morgan fingerprint density at radius 3 is 2.93 bits per heavy atom. The lowest BCUT2D eigenvalue weighted by atomic mass is 9.93. The molecule has 1 unspecified atom stereocenters. The van der Waals surface area contributed by atoms with Crippen molar-refractivity contribution >= 4 is 26.5 Å². The Morgan fingerprint density at radius 2 is 2.21 bits per heavy atom. The Balaban J connectivity index is 2.54. The summed E-state index contributed by atoms with van der Waals surface area (Å²) in [5.74, 6) is -1.33. The number of carbonyl (C=O) groups is 1. The number of hydrogen-bond acceptors (Lipinski definition) is 2. The number of carboxylic acids is 1. The summed E-state index contributed by atoms with van der Waals surface area (Å²) < 4.78 is 0.741. The molecule has 72 valence electrons. The van der Waals surface area contributed by atoms with Crippen LogP contribution in [0.4, 0.5) is 0 Å². The van der Waals surface area contributed by atoms with E-state index in [0.717, 1.165) is 15.7 Å². The molecule has 1 aromatic rings. The number of nitrogens with zero attached hydrogens (tertiary/aromatic N) is 1. The molecule has 1 aliphatic heterocycles. The number of carboxylic acid groups (broad SMARTS) is 1. The maximum Gasteiger partial charge on any atom is 0.312 e. The normalized spacial score (nSPS) is 19.8. The van der Waals surface area contributed by atoms with E-state index in [1.165, 1.54) is 0 Å². The molecule has 1 heterocycles. The van der Waals surface area contributed by atoms with Gasteiger partial charge in [0.25, 0.3) is 0 Å². The van der Waals surface area contributed by atoms with Crippen LogP contribution in [0.3, 0.4) is 0 Å². The first kappa shape index (κ1) is 9.40. The zero-order valence-corrected chi connectivity index (χ0v) is 8.86. The van der Waals surface area contributed by atoms with Gasteiger partial charge in [-0.1, -0.05) is 24.3 Å². The summed E-state index contributed by atoms with van der Waals surface area (Å²) >= 11 is 3.32. The fourth-order valence-corrected chi connectivity index (χ4v) is 2.06. The van der Waals surface area contributed by atoms with Crippen LogP contribution < -0.4 is 0 Å². The molecule has 0 fully saturated rings. The number of aliphatic imine (C=N–C) groups is 1. The van der Waals surface area contributed by atoms with E-state index in [2.05, 4.69) is 20.9 Å². The van der Waals surface area contributed by atoms with Crippen molar-refractivity contribution in [3.63, 3.8) is 0 Å². The molecule has 0 saturated carbocycles. The van der Waals surface area contributed by atoms with E-state index >= 15 is 0 Å². The van der Waals surface area contributed by atoms with Gasteiger partial charge in [-0.3, -0.25) is 9.79 Å². The lowest BCUT2D eigenvalue weighted by molar-refractivity contribution is -0.138. The molecule has 0 amide bonds. The second-order valence-corrected chi connectivity index (χ2v) is 3.86. The molecule has 0 saturated heterocycles. The molecule has 14 heavy (non-hydrogen) atoms. The molecule has 0 aliphatic carbocycles. The third-order valence-corrected chi connectivity index (χ3v) is 2.95. The first-order valence-electron chi connectivity index (χ1n) is 4.22. The van der Waals surface area contributed by atoms with Crippen LogP contribution in [-0.2, 0) is 4.79 Å². The molecule has 1 aliphatic rings. The Morgan fingerprint density at radius 1 is 1.50 bits per heavy atom. The molecule has 1 atom stereocenters. The fraction of sp³-hybridized carbons (Fsp3) is 0.200. The number of rotatable bonds is 1. The van der Waals surface area contributed by atoms with Crippen molar-refractivity contribution in [2.75, 3.05) is 6.54 Å². The van der Waals surface area contributed by atoms with E-state index in [-0.39, 0.29) is 0 Å². The minimum atomic E-state index is -0.818. The van der Waals surface area contributed by atoms with E-state index < -0.39 is 11.9 Å². The van der Waals surface area contributed by atoms with Crippen molar-refractivity contribution in [3.05, 3.63) is 35.4 Å². The average Bonchev–Trinajstić information content (AvgIpc) is 2.18. The molecular formula is C10H8BrNO2. The smallest absolute Gasteiger partial charge is 0.312 e. The highest BCUT2D eigenvalue weighted by atomic mass is 79.9. The SMILES string of the molecule is O=C(O)C1CN=C(Br)c2ccccc21. The third kappa shape index (κ3) is 1.46. The highest BCUT2D eigenvalue weighted by molar-refractivity contribution is 9.18. The zero-order valence-electron chi connectivity index (χ0n) is 7.27. The van der Waals surface area contributed by atoms with Gasteiger partial charge in [0.2, 0.25) is 0 Å². The zero-order chi connectivity index (χ0) is 10.1. The van der Waals surface area contributed by atoms with Crippen LogP contribution in [-0.4, -0.2) is 22.2 Å². The van der Waals surface area contributed by atoms with E-state index in [1.54, 1.807) is 0 Å². The summed E-state index contributed by atoms with van der Waals surface area (Å²) in [5.41, 5.74) is 1.72. The van der Waals surface area contributed by atoms with Crippen LogP contribution in [0, 0.1) is 0 Å². The van der Waals surface area contributed by atoms with Crippen molar-refractivity contribution in [2.24, 2.45) is 4.99 Å². The number of halogens is 1. The number of aliphatic carboxylic acids is 1. The largest absolute Gasteiger partial charge is 0.481 e. The molecule has 3 nitrogen and oxygen atoms in total. The van der Waals surface area contributed by atoms with Crippen molar-refractivity contribution in [3.8, 4) is 0 Å². The molecule has 0 spiro atoms. The van der Waals surface area contributed by atoms with Gasteiger partial charge in [-0.15, -0.1) is 0 Å². The Kier molecular flexibility index (Phi) is 2.37. The summed E-state index contributed by atoms with van der Waals surface area (Å²) in [4.78, 5) is 15.1. The van der Waals surface area contributed by atoms with Gasteiger partial charge in [0.1, 0.15) is 10.5 Å². The van der Waals surface area contributed by atoms with Crippen molar-refractivity contribution in [1.82, 2.24) is 0 Å². The molecule has 0 bridgehead atoms. The molecular weight excluding hydrogens is 246 g/mol. The monoisotopic (exact) mass is 253 g/mol. The van der Waals surface area contributed by atoms with Gasteiger partial charge in [0, 0.05) is 5.56 Å². The summed E-state index contributed by atoms with van der Waals surface area (Å²) in [7, 11) is 0. The lowest BCUT2D eigenvalue weighted by Gasteiger charge is -2.19. The second kappa shape index (κ2) is 3.53. The summed E-state index contributed by atoms with van der Waals surface area (Å²) in [5, 5.41) is 8.99. The van der Waals surface area contributed by atoms with Gasteiger partial charge in [-0.25, -0.2) is 0 Å². The van der Waals surface area contributed by atoms with Crippen LogP contribution >= 0.6 is 15.9 Å². The molecule has 1 N–H and O–H groups in total. The molecule has 0 aromatic heterocycles. The topological polar surface area (TPSA) is 49.7 Å². The van der Waals surface area contributed by atoms with Gasteiger partial charge in [-0.2, -0.15) is 0 Å². The van der Waals surface area contributed by atoms with E-state index in [9.17, 15) is 4.79 Å². The molecule has 2 rings (SSSR count). The van der Waals surface area contributed by atoms with Gasteiger partial charge in [0.15, 0.2) is 0 Å². The van der Waals surface area contributed by atoms with Crippen molar-refractivity contribution in [2.45, 2.75) is 5.92 Å². The fourth-order valence-electron chi connectivity index (χ4n) is 1.55. The maximum atomic E-state index is 10.9. The molecule has 1 aromatic carbocycles. The minimum absolute atomic E-state index is 0.312. The standard InChI is InChI=1S/C10H8BrNO2/c11-9-7-4-2-1-3-6(7)8(5-12-9)10(13)14/h1-4,8H,5H2,(H,13,14). The number of hydrogen-bond donors (Lipinski definition) is 1. The van der Waals surface area contributed by atoms with E-state index in [4.69, 9.17) is 5.11 Å². The summed E-state index contributed by atoms with van der Waals surface area (Å²) in [6.45, 7) is 0.312. The summed E-state index contributed by atoms with van der Waals surface area (Å²) in [6.07, 6.45) is 0. The number of fused-ring (bicyclic) bond motifs is 1. The van der Waals surface area contributed by atoms with Crippen LogP contribution in [0.1, 0.15) is 17.0 Å². The first-order valence-corrected chi connectivity index (χ1v) is 5.01. The van der Waals surface area contributed by atoms with E-state index in [0.29, 0.717) is 6.54 Å². The summed E-state index contributed by atoms with van der Waals surface area (Å²) in [6, 6.07) is 7.43. The third-order valence-electron chi connectivity index (χ3n) is 2.27. The second-order valence-electron chi connectivity index (χ2n) is 3.11. The highest BCUT2D eigenvalue weighted by Crippen LogP contribution is 2.27.